The van der Waals surface area contributed by atoms with Crippen LogP contribution in [-0.4, -0.2) is 35.9 Å². The van der Waals surface area contributed by atoms with Gasteiger partial charge in [-0.2, -0.15) is 0 Å². The maximum Gasteiger partial charge on any atom is 0.324 e. The Balaban J connectivity index is 2.69. The van der Waals surface area contributed by atoms with Crippen LogP contribution >= 0.6 is 0 Å². The van der Waals surface area contributed by atoms with E-state index in [2.05, 4.69) is 0 Å². The lowest BCUT2D eigenvalue weighted by atomic mass is 10.2. The lowest BCUT2D eigenvalue weighted by Gasteiger charge is -2.24. The number of rotatable bonds is 7. The van der Waals surface area contributed by atoms with Crippen molar-refractivity contribution in [1.82, 2.24) is 0 Å². The zero-order chi connectivity index (χ0) is 20.4. The highest BCUT2D eigenvalue weighted by Crippen LogP contribution is 2.32. The number of nitro benzene ring substituents is 2. The summed E-state index contributed by atoms with van der Waals surface area (Å²) in [6.45, 7) is 0.346. The topological polar surface area (TPSA) is 161 Å². The van der Waals surface area contributed by atoms with Crippen LogP contribution in [0.3, 0.4) is 0 Å². The molecule has 0 amide bonds. The number of nitrogens with zero attached hydrogens (tertiary/aromatic N) is 3. The molecule has 0 aromatic heterocycles. The number of benzene rings is 2. The first-order valence-corrected chi connectivity index (χ1v) is 8.72. The summed E-state index contributed by atoms with van der Waals surface area (Å²) in [7, 11) is -4.64. The third-order valence-corrected chi connectivity index (χ3v) is 5.38. The van der Waals surface area contributed by atoms with Crippen LogP contribution in [0.1, 0.15) is 5.56 Å². The van der Waals surface area contributed by atoms with Crippen molar-refractivity contribution in [2.75, 3.05) is 10.8 Å². The van der Waals surface area contributed by atoms with Gasteiger partial charge in [0.1, 0.15) is 6.54 Å². The number of hydrogen-bond donors (Lipinski definition) is 1. The molecule has 0 aliphatic rings. The second kappa shape index (κ2) is 7.37. The van der Waals surface area contributed by atoms with E-state index < -0.39 is 43.0 Å². The van der Waals surface area contributed by atoms with Crippen LogP contribution < -0.4 is 4.31 Å². The molecule has 2 aromatic carbocycles. The second-order valence-electron chi connectivity index (χ2n) is 5.36. The summed E-state index contributed by atoms with van der Waals surface area (Å²) in [5.41, 5.74) is -1.05. The fourth-order valence-electron chi connectivity index (χ4n) is 2.40. The monoisotopic (exact) mass is 395 g/mol. The predicted molar refractivity (Wildman–Crippen MR) is 93.1 cm³/mol. The molecule has 0 unspecified atom stereocenters. The highest BCUT2D eigenvalue weighted by molar-refractivity contribution is 7.93. The number of carboxylic acid groups (broad SMARTS) is 1. The summed E-state index contributed by atoms with van der Waals surface area (Å²) in [6.07, 6.45) is 0. The van der Waals surface area contributed by atoms with Gasteiger partial charge in [-0.25, -0.2) is 8.42 Å². The summed E-state index contributed by atoms with van der Waals surface area (Å²) in [5, 5.41) is 31.1. The molecule has 142 valence electrons. The lowest BCUT2D eigenvalue weighted by molar-refractivity contribution is -0.387. The Kier molecular flexibility index (Phi) is 5.40. The van der Waals surface area contributed by atoms with Gasteiger partial charge in [-0.1, -0.05) is 12.1 Å². The summed E-state index contributed by atoms with van der Waals surface area (Å²) < 4.78 is 26.4. The third-order valence-electron chi connectivity index (χ3n) is 3.57. The summed E-state index contributed by atoms with van der Waals surface area (Å²) in [5.74, 6) is -1.50. The molecule has 0 radical (unpaired) electrons. The van der Waals surface area contributed by atoms with E-state index in [1.807, 2.05) is 0 Å². The largest absolute Gasteiger partial charge is 0.480 e. The van der Waals surface area contributed by atoms with Crippen LogP contribution in [0.4, 0.5) is 17.1 Å². The van der Waals surface area contributed by atoms with Crippen molar-refractivity contribution < 1.29 is 28.2 Å². The van der Waals surface area contributed by atoms with Gasteiger partial charge in [-0.15, -0.1) is 0 Å². The molecule has 12 heteroatoms. The van der Waals surface area contributed by atoms with Crippen molar-refractivity contribution in [3.63, 3.8) is 0 Å². The number of anilines is 1. The molecule has 0 atom stereocenters. The molecule has 0 bridgehead atoms. The Morgan fingerprint density at radius 2 is 1.74 bits per heavy atom. The number of non-ortho nitro benzene ring substituents is 1. The summed E-state index contributed by atoms with van der Waals surface area (Å²) in [6, 6.07) is 7.70. The molecule has 11 nitrogen and oxygen atoms in total. The number of nitro groups is 2. The van der Waals surface area contributed by atoms with Gasteiger partial charge in [0.2, 0.25) is 0 Å². The van der Waals surface area contributed by atoms with Gasteiger partial charge in [-0.3, -0.25) is 29.3 Å². The zero-order valence-corrected chi connectivity index (χ0v) is 14.6. The van der Waals surface area contributed by atoms with Crippen molar-refractivity contribution in [3.05, 3.63) is 68.3 Å². The normalized spacial score (nSPS) is 11.0. The number of aryl methyl sites for hydroxylation is 1. The fourth-order valence-corrected chi connectivity index (χ4v) is 4.04. The van der Waals surface area contributed by atoms with Gasteiger partial charge < -0.3 is 5.11 Å². The highest BCUT2D eigenvalue weighted by atomic mass is 32.2. The first kappa shape index (κ1) is 19.8. The summed E-state index contributed by atoms with van der Waals surface area (Å²) >= 11 is 0. The minimum absolute atomic E-state index is 0.118. The molecular formula is C15H13N3O8S. The van der Waals surface area contributed by atoms with Crippen molar-refractivity contribution in [2.24, 2.45) is 0 Å². The fraction of sp³-hybridized carbons (Fsp3) is 0.133. The number of carbonyl (C=O) groups is 1. The number of sulfonamides is 1. The third kappa shape index (κ3) is 4.00. The first-order valence-electron chi connectivity index (χ1n) is 7.28. The Morgan fingerprint density at radius 1 is 1.11 bits per heavy atom. The Labute approximate surface area is 152 Å². The maximum absolute atomic E-state index is 13.0. The highest BCUT2D eigenvalue weighted by Gasteiger charge is 2.34. The molecule has 1 N–H and O–H groups in total. The van der Waals surface area contributed by atoms with E-state index in [0.717, 1.165) is 30.3 Å². The van der Waals surface area contributed by atoms with Crippen LogP contribution in [0.15, 0.2) is 47.4 Å². The second-order valence-corrected chi connectivity index (χ2v) is 7.19. The number of aliphatic carboxylic acids is 1. The number of para-hydroxylation sites is 1. The van der Waals surface area contributed by atoms with Gasteiger partial charge in [0.25, 0.3) is 21.4 Å². The predicted octanol–water partition coefficient (Wildman–Crippen LogP) is 2.09. The molecule has 2 rings (SSSR count). The van der Waals surface area contributed by atoms with Gasteiger partial charge in [-0.05, 0) is 24.6 Å². The number of carboxylic acids is 1. The molecule has 0 aliphatic carbocycles. The quantitative estimate of drug-likeness (QED) is 0.550. The first-order chi connectivity index (χ1) is 12.6. The molecule has 0 saturated heterocycles. The molecule has 2 aromatic rings. The molecular weight excluding hydrogens is 382 g/mol. The van der Waals surface area contributed by atoms with Gasteiger partial charge >= 0.3 is 5.97 Å². The molecule has 0 saturated carbocycles. The van der Waals surface area contributed by atoms with E-state index in [-0.39, 0.29) is 16.9 Å². The lowest BCUT2D eigenvalue weighted by Crippen LogP contribution is -2.36. The zero-order valence-electron chi connectivity index (χ0n) is 13.8. The van der Waals surface area contributed by atoms with Crippen LogP contribution in [0.2, 0.25) is 0 Å². The van der Waals surface area contributed by atoms with Crippen LogP contribution in [0.5, 0.6) is 0 Å². The van der Waals surface area contributed by atoms with Crippen LogP contribution in [0, 0.1) is 27.2 Å². The Bertz CT molecular complexity index is 1040. The maximum atomic E-state index is 13.0. The Hall–Kier alpha value is -3.54. The van der Waals surface area contributed by atoms with Crippen LogP contribution in [0.25, 0.3) is 0 Å². The van der Waals surface area contributed by atoms with Crippen molar-refractivity contribution in [3.8, 4) is 0 Å². The van der Waals surface area contributed by atoms with Crippen molar-refractivity contribution in [1.29, 1.82) is 0 Å². The average molecular weight is 395 g/mol. The van der Waals surface area contributed by atoms with Crippen molar-refractivity contribution >= 4 is 33.1 Å². The SMILES string of the molecule is Cc1cc([N+](=O)[O-])ccc1N(CC(=O)O)S(=O)(=O)c1ccccc1[N+](=O)[O-]. The molecule has 0 fully saturated rings. The average Bonchev–Trinajstić information content (AvgIpc) is 2.59. The van der Waals surface area contributed by atoms with Crippen LogP contribution in [-0.2, 0) is 14.8 Å². The van der Waals surface area contributed by atoms with E-state index in [4.69, 9.17) is 5.11 Å². The van der Waals surface area contributed by atoms with E-state index in [1.54, 1.807) is 0 Å². The molecule has 27 heavy (non-hydrogen) atoms. The minimum atomic E-state index is -4.64. The van der Waals surface area contributed by atoms with E-state index >= 15 is 0 Å². The van der Waals surface area contributed by atoms with E-state index in [0.29, 0.717) is 4.31 Å². The standard InChI is InChI=1S/C15H13N3O8S/c1-10-8-11(17(21)22)6-7-12(10)16(9-15(19)20)27(25,26)14-5-3-2-4-13(14)18(23)24/h2-8H,9H2,1H3,(H,19,20). The molecule has 0 aliphatic heterocycles. The number of hydrogen-bond acceptors (Lipinski definition) is 7. The van der Waals surface area contributed by atoms with Gasteiger partial charge in [0.15, 0.2) is 4.90 Å². The smallest absolute Gasteiger partial charge is 0.324 e. The summed E-state index contributed by atoms with van der Waals surface area (Å²) in [4.78, 5) is 31.0. The van der Waals surface area contributed by atoms with E-state index in [9.17, 15) is 33.4 Å². The molecule has 0 spiro atoms. The van der Waals surface area contributed by atoms with Gasteiger partial charge in [0, 0.05) is 18.2 Å². The van der Waals surface area contributed by atoms with Crippen molar-refractivity contribution in [2.45, 2.75) is 11.8 Å². The minimum Gasteiger partial charge on any atom is -0.480 e. The van der Waals surface area contributed by atoms with Gasteiger partial charge in [0.05, 0.1) is 15.5 Å². The van der Waals surface area contributed by atoms with E-state index in [1.165, 1.54) is 19.1 Å². The molecule has 0 heterocycles. The Morgan fingerprint density at radius 3 is 2.26 bits per heavy atom.